The summed E-state index contributed by atoms with van der Waals surface area (Å²) in [4.78, 5) is 12.5. The first kappa shape index (κ1) is 13.4. The van der Waals surface area contributed by atoms with E-state index in [1.807, 2.05) is 56.3 Å². The summed E-state index contributed by atoms with van der Waals surface area (Å²) in [7, 11) is 0. The van der Waals surface area contributed by atoms with Crippen LogP contribution in [-0.4, -0.2) is 0 Å². The highest BCUT2D eigenvalue weighted by Crippen LogP contribution is 2.27. The molecule has 0 saturated heterocycles. The summed E-state index contributed by atoms with van der Waals surface area (Å²) >= 11 is 2.07. The largest absolute Gasteiger partial charge is 0.455 e. The quantitative estimate of drug-likeness (QED) is 0.578. The van der Waals surface area contributed by atoms with Crippen molar-refractivity contribution in [3.63, 3.8) is 0 Å². The van der Waals surface area contributed by atoms with Gasteiger partial charge in [-0.3, -0.25) is 4.79 Å². The van der Waals surface area contributed by atoms with Crippen molar-refractivity contribution >= 4 is 33.6 Å². The Bertz CT molecular complexity index is 845. The highest BCUT2D eigenvalue weighted by atomic mass is 127. The first-order valence-electron chi connectivity index (χ1n) is 6.36. The lowest BCUT2D eigenvalue weighted by atomic mass is 10.1. The zero-order valence-electron chi connectivity index (χ0n) is 11.2. The fraction of sp³-hybridized carbons (Fsp3) is 0.118. The van der Waals surface area contributed by atoms with Crippen LogP contribution in [0, 0.1) is 17.4 Å². The molecule has 100 valence electrons. The molecule has 3 rings (SSSR count). The number of benzene rings is 2. The number of hydrogen-bond acceptors (Lipinski definition) is 2. The van der Waals surface area contributed by atoms with E-state index in [4.69, 9.17) is 4.42 Å². The molecule has 1 aromatic heterocycles. The van der Waals surface area contributed by atoms with E-state index in [0.29, 0.717) is 20.3 Å². The smallest absolute Gasteiger partial charge is 0.206 e. The van der Waals surface area contributed by atoms with Crippen LogP contribution in [0.1, 0.15) is 11.1 Å². The van der Waals surface area contributed by atoms with Crippen molar-refractivity contribution in [3.8, 4) is 11.3 Å². The molecule has 0 amide bonds. The number of fused-ring (bicyclic) bond motifs is 1. The van der Waals surface area contributed by atoms with Gasteiger partial charge in [-0.1, -0.05) is 41.5 Å². The van der Waals surface area contributed by atoms with E-state index in [2.05, 4.69) is 22.6 Å². The van der Waals surface area contributed by atoms with Crippen LogP contribution in [-0.2, 0) is 0 Å². The van der Waals surface area contributed by atoms with E-state index < -0.39 is 0 Å². The molecule has 0 spiro atoms. The summed E-state index contributed by atoms with van der Waals surface area (Å²) in [6.45, 7) is 4.01. The second-order valence-electron chi connectivity index (χ2n) is 4.94. The first-order valence-corrected chi connectivity index (χ1v) is 7.44. The molecular weight excluding hydrogens is 363 g/mol. The number of halogens is 1. The molecule has 0 bridgehead atoms. The van der Waals surface area contributed by atoms with Gasteiger partial charge in [0.25, 0.3) is 0 Å². The van der Waals surface area contributed by atoms with Gasteiger partial charge in [-0.25, -0.2) is 0 Å². The third-order valence-electron chi connectivity index (χ3n) is 3.30. The average molecular weight is 376 g/mol. The Hall–Kier alpha value is -1.62. The molecule has 3 heteroatoms. The van der Waals surface area contributed by atoms with Crippen LogP contribution in [0.5, 0.6) is 0 Å². The van der Waals surface area contributed by atoms with Crippen molar-refractivity contribution in [1.29, 1.82) is 0 Å². The zero-order valence-corrected chi connectivity index (χ0v) is 13.4. The molecule has 0 fully saturated rings. The van der Waals surface area contributed by atoms with Gasteiger partial charge in [-0.05, 0) is 48.6 Å². The summed E-state index contributed by atoms with van der Waals surface area (Å²) in [5.41, 5.74) is 3.84. The molecule has 0 aliphatic heterocycles. The Labute approximate surface area is 130 Å². The molecule has 0 atom stereocenters. The Morgan fingerprint density at radius 1 is 0.950 bits per heavy atom. The van der Waals surface area contributed by atoms with E-state index in [0.717, 1.165) is 11.1 Å². The summed E-state index contributed by atoms with van der Waals surface area (Å²) in [5, 5.41) is 0.644. The second-order valence-corrected chi connectivity index (χ2v) is 6.02. The van der Waals surface area contributed by atoms with Crippen LogP contribution in [0.15, 0.2) is 51.7 Å². The molecule has 0 unspecified atom stereocenters. The third-order valence-corrected chi connectivity index (χ3v) is 4.28. The molecule has 0 saturated carbocycles. The van der Waals surface area contributed by atoms with Crippen molar-refractivity contribution in [2.24, 2.45) is 0 Å². The van der Waals surface area contributed by atoms with Crippen molar-refractivity contribution in [1.82, 2.24) is 0 Å². The Kier molecular flexibility index (Phi) is 3.38. The van der Waals surface area contributed by atoms with Crippen molar-refractivity contribution in [2.75, 3.05) is 0 Å². The minimum Gasteiger partial charge on any atom is -0.455 e. The molecule has 1 heterocycles. The second kappa shape index (κ2) is 5.05. The van der Waals surface area contributed by atoms with E-state index in [1.165, 1.54) is 5.56 Å². The number of rotatable bonds is 1. The predicted octanol–water partition coefficient (Wildman–Crippen LogP) is 4.68. The van der Waals surface area contributed by atoms with Crippen LogP contribution in [0.25, 0.3) is 22.3 Å². The van der Waals surface area contributed by atoms with Gasteiger partial charge in [0.1, 0.15) is 9.15 Å². The van der Waals surface area contributed by atoms with Crippen molar-refractivity contribution in [3.05, 3.63) is 67.4 Å². The maximum absolute atomic E-state index is 12.5. The van der Waals surface area contributed by atoms with Crippen molar-refractivity contribution in [2.45, 2.75) is 13.8 Å². The van der Waals surface area contributed by atoms with Crippen LogP contribution < -0.4 is 5.43 Å². The van der Waals surface area contributed by atoms with Crippen LogP contribution in [0.2, 0.25) is 0 Å². The number of aryl methyl sites for hydroxylation is 2. The standard InChI is InChI=1S/C17H13IO2/c1-10-3-6-12(7-4-10)17-15(18)16(19)13-9-11(2)5-8-14(13)20-17/h3-9H,1-2H3. The maximum Gasteiger partial charge on any atom is 0.206 e. The van der Waals surface area contributed by atoms with Gasteiger partial charge in [-0.2, -0.15) is 0 Å². The molecule has 2 aromatic carbocycles. The molecule has 0 aliphatic rings. The third kappa shape index (κ3) is 2.26. The van der Waals surface area contributed by atoms with E-state index in [1.54, 1.807) is 0 Å². The van der Waals surface area contributed by atoms with Gasteiger partial charge in [0.05, 0.1) is 5.39 Å². The summed E-state index contributed by atoms with van der Waals surface area (Å²) < 4.78 is 6.58. The Morgan fingerprint density at radius 2 is 1.60 bits per heavy atom. The van der Waals surface area contributed by atoms with Gasteiger partial charge < -0.3 is 4.42 Å². The van der Waals surface area contributed by atoms with Gasteiger partial charge in [0.2, 0.25) is 5.43 Å². The molecule has 20 heavy (non-hydrogen) atoms. The summed E-state index contributed by atoms with van der Waals surface area (Å²) in [5.74, 6) is 0.645. The first-order chi connectivity index (χ1) is 9.56. The van der Waals surface area contributed by atoms with E-state index in [-0.39, 0.29) is 5.43 Å². The minimum absolute atomic E-state index is 0.0334. The molecule has 0 radical (unpaired) electrons. The van der Waals surface area contributed by atoms with Gasteiger partial charge in [0, 0.05) is 5.56 Å². The lowest BCUT2D eigenvalue weighted by Gasteiger charge is -2.07. The van der Waals surface area contributed by atoms with E-state index >= 15 is 0 Å². The van der Waals surface area contributed by atoms with Gasteiger partial charge in [0.15, 0.2) is 5.76 Å². The van der Waals surface area contributed by atoms with Crippen LogP contribution >= 0.6 is 22.6 Å². The highest BCUT2D eigenvalue weighted by molar-refractivity contribution is 14.1. The highest BCUT2D eigenvalue weighted by Gasteiger charge is 2.13. The molecular formula is C17H13IO2. The Morgan fingerprint density at radius 3 is 2.30 bits per heavy atom. The fourth-order valence-corrected chi connectivity index (χ4v) is 2.89. The fourth-order valence-electron chi connectivity index (χ4n) is 2.18. The van der Waals surface area contributed by atoms with Gasteiger partial charge in [-0.15, -0.1) is 0 Å². The van der Waals surface area contributed by atoms with Gasteiger partial charge >= 0.3 is 0 Å². The predicted molar refractivity (Wildman–Crippen MR) is 90.1 cm³/mol. The number of hydrogen-bond donors (Lipinski definition) is 0. The minimum atomic E-state index is 0.0334. The molecule has 0 aliphatic carbocycles. The monoisotopic (exact) mass is 376 g/mol. The molecule has 0 N–H and O–H groups in total. The van der Waals surface area contributed by atoms with Crippen LogP contribution in [0.4, 0.5) is 0 Å². The lowest BCUT2D eigenvalue weighted by Crippen LogP contribution is -2.07. The molecule has 2 nitrogen and oxygen atoms in total. The SMILES string of the molecule is Cc1ccc(-c2oc3ccc(C)cc3c(=O)c2I)cc1. The topological polar surface area (TPSA) is 30.2 Å². The zero-order chi connectivity index (χ0) is 14.3. The lowest BCUT2D eigenvalue weighted by molar-refractivity contribution is 0.615. The normalized spacial score (nSPS) is 10.9. The maximum atomic E-state index is 12.5. The summed E-state index contributed by atoms with van der Waals surface area (Å²) in [6.07, 6.45) is 0. The van der Waals surface area contributed by atoms with Crippen molar-refractivity contribution < 1.29 is 4.42 Å². The Balaban J connectivity index is 2.32. The average Bonchev–Trinajstić information content (AvgIpc) is 2.44. The summed E-state index contributed by atoms with van der Waals surface area (Å²) in [6, 6.07) is 13.7. The van der Waals surface area contributed by atoms with E-state index in [9.17, 15) is 4.79 Å². The van der Waals surface area contributed by atoms with Crippen LogP contribution in [0.3, 0.4) is 0 Å². The molecule has 3 aromatic rings.